The van der Waals surface area contributed by atoms with Crippen LogP contribution in [0.2, 0.25) is 5.02 Å². The van der Waals surface area contributed by atoms with E-state index in [2.05, 4.69) is 5.32 Å². The minimum absolute atomic E-state index is 0.0108. The van der Waals surface area contributed by atoms with Crippen molar-refractivity contribution in [2.24, 2.45) is 0 Å². The molecule has 0 saturated carbocycles. The molecule has 1 heterocycles. The molecule has 1 N–H and O–H groups in total. The van der Waals surface area contributed by atoms with E-state index in [0.29, 0.717) is 28.6 Å². The maximum absolute atomic E-state index is 13.0. The van der Waals surface area contributed by atoms with Crippen LogP contribution in [0, 0.1) is 0 Å². The van der Waals surface area contributed by atoms with Gasteiger partial charge in [0.05, 0.1) is 17.3 Å². The van der Waals surface area contributed by atoms with Gasteiger partial charge in [0.2, 0.25) is 0 Å². The van der Waals surface area contributed by atoms with Gasteiger partial charge in [-0.3, -0.25) is 19.8 Å². The van der Waals surface area contributed by atoms with Crippen molar-refractivity contribution >= 4 is 52.5 Å². The Hall–Kier alpha value is -2.70. The molecular weight excluding hydrogens is 372 g/mol. The highest BCUT2D eigenvalue weighted by molar-refractivity contribution is 7.80. The summed E-state index contributed by atoms with van der Waals surface area (Å²) in [5.74, 6) is -0.520. The van der Waals surface area contributed by atoms with E-state index in [1.165, 1.54) is 11.0 Å². The first-order chi connectivity index (χ1) is 12.5. The molecule has 0 bridgehead atoms. The molecule has 0 unspecified atom stereocenters. The SMILES string of the molecule is CCOc1ccccc1/C=C1\C(=O)NC(=S)N(c2ccccc2Cl)C1=O. The van der Waals surface area contributed by atoms with Crippen LogP contribution < -0.4 is 15.0 Å². The van der Waals surface area contributed by atoms with Crippen LogP contribution in [0.4, 0.5) is 5.69 Å². The number of para-hydroxylation sites is 2. The van der Waals surface area contributed by atoms with E-state index in [4.69, 9.17) is 28.6 Å². The third kappa shape index (κ3) is 3.47. The highest BCUT2D eigenvalue weighted by atomic mass is 35.5. The average Bonchev–Trinajstić information content (AvgIpc) is 2.61. The molecule has 2 aromatic rings. The van der Waals surface area contributed by atoms with E-state index in [1.54, 1.807) is 42.5 Å². The van der Waals surface area contributed by atoms with Gasteiger partial charge in [-0.2, -0.15) is 0 Å². The summed E-state index contributed by atoms with van der Waals surface area (Å²) in [6.45, 7) is 2.33. The van der Waals surface area contributed by atoms with Crippen LogP contribution in [0.15, 0.2) is 54.1 Å². The molecule has 0 aromatic heterocycles. The normalized spacial score (nSPS) is 16.0. The van der Waals surface area contributed by atoms with Crippen molar-refractivity contribution in [2.75, 3.05) is 11.5 Å². The van der Waals surface area contributed by atoms with Crippen LogP contribution in [0.25, 0.3) is 6.08 Å². The summed E-state index contributed by atoms with van der Waals surface area (Å²) in [6, 6.07) is 14.0. The van der Waals surface area contributed by atoms with Crippen LogP contribution >= 0.6 is 23.8 Å². The Kier molecular flexibility index (Phi) is 5.35. The van der Waals surface area contributed by atoms with Crippen LogP contribution in [-0.4, -0.2) is 23.5 Å². The molecular formula is C19H15ClN2O3S. The van der Waals surface area contributed by atoms with Crippen LogP contribution in [-0.2, 0) is 9.59 Å². The maximum Gasteiger partial charge on any atom is 0.270 e. The highest BCUT2D eigenvalue weighted by Crippen LogP contribution is 2.29. The number of anilines is 1. The molecule has 0 spiro atoms. The van der Waals surface area contributed by atoms with Crippen molar-refractivity contribution in [1.82, 2.24) is 5.32 Å². The fraction of sp³-hybridized carbons (Fsp3) is 0.105. The second-order valence-corrected chi connectivity index (χ2v) is 6.17. The topological polar surface area (TPSA) is 58.6 Å². The Balaban J connectivity index is 2.05. The van der Waals surface area contributed by atoms with E-state index >= 15 is 0 Å². The number of hydrogen-bond acceptors (Lipinski definition) is 4. The van der Waals surface area contributed by atoms with E-state index in [9.17, 15) is 9.59 Å². The summed E-state index contributed by atoms with van der Waals surface area (Å²) in [4.78, 5) is 26.6. The van der Waals surface area contributed by atoms with Crippen molar-refractivity contribution in [3.05, 3.63) is 64.7 Å². The van der Waals surface area contributed by atoms with Gasteiger partial charge in [-0.1, -0.05) is 41.9 Å². The first-order valence-electron chi connectivity index (χ1n) is 7.90. The first kappa shape index (κ1) is 18.1. The zero-order valence-electron chi connectivity index (χ0n) is 13.9. The molecule has 132 valence electrons. The third-order valence-corrected chi connectivity index (χ3v) is 4.32. The Morgan fingerprint density at radius 3 is 2.58 bits per heavy atom. The van der Waals surface area contributed by atoms with Gasteiger partial charge in [0.25, 0.3) is 11.8 Å². The van der Waals surface area contributed by atoms with Crippen LogP contribution in [0.3, 0.4) is 0 Å². The number of nitrogens with one attached hydrogen (secondary N) is 1. The number of benzene rings is 2. The summed E-state index contributed by atoms with van der Waals surface area (Å²) in [6.07, 6.45) is 1.49. The fourth-order valence-electron chi connectivity index (χ4n) is 2.55. The molecule has 3 rings (SSSR count). The van der Waals surface area contributed by atoms with Gasteiger partial charge >= 0.3 is 0 Å². The fourth-order valence-corrected chi connectivity index (χ4v) is 3.05. The van der Waals surface area contributed by atoms with Gasteiger partial charge in [0.15, 0.2) is 5.11 Å². The lowest BCUT2D eigenvalue weighted by Crippen LogP contribution is -2.54. The van der Waals surface area contributed by atoms with Crippen LogP contribution in [0.5, 0.6) is 5.75 Å². The predicted molar refractivity (Wildman–Crippen MR) is 105 cm³/mol. The highest BCUT2D eigenvalue weighted by Gasteiger charge is 2.35. The molecule has 0 atom stereocenters. The summed E-state index contributed by atoms with van der Waals surface area (Å²) in [5, 5.41) is 2.88. The predicted octanol–water partition coefficient (Wildman–Crippen LogP) is 3.57. The number of halogens is 1. The first-order valence-corrected chi connectivity index (χ1v) is 8.69. The molecule has 0 radical (unpaired) electrons. The van der Waals surface area contributed by atoms with Crippen LogP contribution in [0.1, 0.15) is 12.5 Å². The van der Waals surface area contributed by atoms with Crippen molar-refractivity contribution in [1.29, 1.82) is 0 Å². The van der Waals surface area contributed by atoms with Gasteiger partial charge < -0.3 is 4.74 Å². The Labute approximate surface area is 161 Å². The zero-order valence-corrected chi connectivity index (χ0v) is 15.4. The van der Waals surface area contributed by atoms with Gasteiger partial charge in [0, 0.05) is 5.56 Å². The molecule has 2 amide bonds. The molecule has 26 heavy (non-hydrogen) atoms. The number of nitrogens with zero attached hydrogens (tertiary/aromatic N) is 1. The quantitative estimate of drug-likeness (QED) is 0.496. The third-order valence-electron chi connectivity index (χ3n) is 3.71. The van der Waals surface area contributed by atoms with Crippen molar-refractivity contribution in [2.45, 2.75) is 6.92 Å². The molecule has 7 heteroatoms. The second kappa shape index (κ2) is 7.68. The zero-order chi connectivity index (χ0) is 18.7. The number of amides is 2. The van der Waals surface area contributed by atoms with Crippen molar-refractivity contribution in [3.63, 3.8) is 0 Å². The largest absolute Gasteiger partial charge is 0.493 e. The van der Waals surface area contributed by atoms with Crippen molar-refractivity contribution in [3.8, 4) is 5.75 Å². The molecule has 1 aliphatic heterocycles. The number of thiocarbonyl (C=S) groups is 1. The minimum atomic E-state index is -0.561. The minimum Gasteiger partial charge on any atom is -0.493 e. The number of ether oxygens (including phenoxy) is 1. The summed E-state index contributed by atoms with van der Waals surface area (Å²) >= 11 is 11.4. The van der Waals surface area contributed by atoms with E-state index in [0.717, 1.165) is 0 Å². The van der Waals surface area contributed by atoms with Crippen molar-refractivity contribution < 1.29 is 14.3 Å². The standard InChI is InChI=1S/C19H15ClN2O3S/c1-2-25-16-10-6-3-7-12(16)11-13-17(23)21-19(26)22(18(13)24)15-9-5-4-8-14(15)20/h3-11H,2H2,1H3,(H,21,23,26)/b13-11+. The molecule has 0 aliphatic carbocycles. The van der Waals surface area contributed by atoms with Gasteiger partial charge in [-0.25, -0.2) is 0 Å². The number of hydrogen-bond donors (Lipinski definition) is 1. The monoisotopic (exact) mass is 386 g/mol. The Morgan fingerprint density at radius 1 is 1.15 bits per heavy atom. The van der Waals surface area contributed by atoms with Gasteiger partial charge in [0.1, 0.15) is 11.3 Å². The number of carbonyl (C=O) groups is 2. The van der Waals surface area contributed by atoms with E-state index in [-0.39, 0.29) is 10.7 Å². The van der Waals surface area contributed by atoms with E-state index in [1.807, 2.05) is 13.0 Å². The maximum atomic E-state index is 13.0. The lowest BCUT2D eigenvalue weighted by Gasteiger charge is -2.29. The summed E-state index contributed by atoms with van der Waals surface area (Å²) in [7, 11) is 0. The molecule has 1 aliphatic rings. The second-order valence-electron chi connectivity index (χ2n) is 5.38. The molecule has 2 aromatic carbocycles. The number of rotatable bonds is 4. The smallest absolute Gasteiger partial charge is 0.270 e. The van der Waals surface area contributed by atoms with Gasteiger partial charge in [-0.15, -0.1) is 0 Å². The molecule has 1 saturated heterocycles. The average molecular weight is 387 g/mol. The van der Waals surface area contributed by atoms with Gasteiger partial charge in [-0.05, 0) is 43.4 Å². The Bertz CT molecular complexity index is 927. The lowest BCUT2D eigenvalue weighted by atomic mass is 10.1. The number of carbonyl (C=O) groups excluding carboxylic acids is 2. The Morgan fingerprint density at radius 2 is 1.85 bits per heavy atom. The summed E-state index contributed by atoms with van der Waals surface area (Å²) in [5.41, 5.74) is 0.985. The summed E-state index contributed by atoms with van der Waals surface area (Å²) < 4.78 is 5.55. The van der Waals surface area contributed by atoms with E-state index < -0.39 is 11.8 Å². The molecule has 5 nitrogen and oxygen atoms in total. The molecule has 1 fully saturated rings. The lowest BCUT2D eigenvalue weighted by molar-refractivity contribution is -0.122.